The minimum Gasteiger partial charge on any atom is -0.345 e. The quantitative estimate of drug-likeness (QED) is 0.667. The zero-order valence-corrected chi connectivity index (χ0v) is 8.66. The molecule has 1 amide bonds. The highest BCUT2D eigenvalue weighted by molar-refractivity contribution is 5.93. The fourth-order valence-electron chi connectivity index (χ4n) is 1.21. The molecule has 0 fully saturated rings. The highest BCUT2D eigenvalue weighted by Gasteiger charge is 2.06. The number of hydrogen-bond donors (Lipinski definition) is 0. The third-order valence-corrected chi connectivity index (χ3v) is 1.99. The lowest BCUT2D eigenvalue weighted by molar-refractivity contribution is 0.0827. The van der Waals surface area contributed by atoms with Crippen LogP contribution >= 0.6 is 0 Å². The molecule has 0 aliphatic rings. The van der Waals surface area contributed by atoms with Gasteiger partial charge in [-0.25, -0.2) is 0 Å². The normalized spacial score (nSPS) is 9.57. The number of carbonyl (C=O) groups is 1. The van der Waals surface area contributed by atoms with Gasteiger partial charge in [-0.15, -0.1) is 6.58 Å². The van der Waals surface area contributed by atoms with Gasteiger partial charge in [-0.05, 0) is 24.1 Å². The van der Waals surface area contributed by atoms with E-state index in [4.69, 9.17) is 0 Å². The number of hydrogen-bond acceptors (Lipinski definition) is 1. The minimum atomic E-state index is 0.0372. The Morgan fingerprint density at radius 2 is 1.93 bits per heavy atom. The molecule has 0 aliphatic carbocycles. The van der Waals surface area contributed by atoms with Crippen molar-refractivity contribution in [3.63, 3.8) is 0 Å². The van der Waals surface area contributed by atoms with Crippen LogP contribution in [0.15, 0.2) is 36.9 Å². The average molecular weight is 189 g/mol. The summed E-state index contributed by atoms with van der Waals surface area (Å²) < 4.78 is 0. The minimum absolute atomic E-state index is 0.0372. The van der Waals surface area contributed by atoms with Crippen LogP contribution in [0.1, 0.15) is 15.9 Å². The standard InChI is InChI=1S/C12H15NO/c1-4-5-10-6-8-11(9-7-10)12(14)13(2)3/h4,6-9H,1,5H2,2-3H3. The first-order valence-electron chi connectivity index (χ1n) is 4.56. The van der Waals surface area contributed by atoms with Crippen molar-refractivity contribution in [2.24, 2.45) is 0 Å². The molecule has 0 atom stereocenters. The molecule has 1 rings (SSSR count). The number of amides is 1. The van der Waals surface area contributed by atoms with Crippen molar-refractivity contribution in [1.82, 2.24) is 4.90 Å². The summed E-state index contributed by atoms with van der Waals surface area (Å²) in [5.74, 6) is 0.0372. The Hall–Kier alpha value is -1.57. The highest BCUT2D eigenvalue weighted by Crippen LogP contribution is 2.07. The second-order valence-corrected chi connectivity index (χ2v) is 3.39. The van der Waals surface area contributed by atoms with Crippen LogP contribution in [0.2, 0.25) is 0 Å². The number of allylic oxidation sites excluding steroid dienone is 1. The van der Waals surface area contributed by atoms with Crippen LogP contribution in [0.3, 0.4) is 0 Å². The molecule has 74 valence electrons. The van der Waals surface area contributed by atoms with E-state index in [1.54, 1.807) is 19.0 Å². The Labute approximate surface area is 84.9 Å². The van der Waals surface area contributed by atoms with E-state index in [1.165, 1.54) is 5.56 Å². The maximum atomic E-state index is 11.5. The van der Waals surface area contributed by atoms with Gasteiger partial charge in [-0.2, -0.15) is 0 Å². The molecule has 0 unspecified atom stereocenters. The van der Waals surface area contributed by atoms with Gasteiger partial charge in [0, 0.05) is 19.7 Å². The van der Waals surface area contributed by atoms with E-state index < -0.39 is 0 Å². The van der Waals surface area contributed by atoms with Crippen LogP contribution in [0, 0.1) is 0 Å². The van der Waals surface area contributed by atoms with Gasteiger partial charge >= 0.3 is 0 Å². The van der Waals surface area contributed by atoms with Gasteiger partial charge in [-0.1, -0.05) is 18.2 Å². The van der Waals surface area contributed by atoms with E-state index in [0.717, 1.165) is 12.0 Å². The summed E-state index contributed by atoms with van der Waals surface area (Å²) in [6, 6.07) is 7.61. The van der Waals surface area contributed by atoms with Gasteiger partial charge < -0.3 is 4.90 Å². The maximum absolute atomic E-state index is 11.5. The first kappa shape index (κ1) is 10.5. The van der Waals surface area contributed by atoms with Crippen molar-refractivity contribution >= 4 is 5.91 Å². The monoisotopic (exact) mass is 189 g/mol. The lowest BCUT2D eigenvalue weighted by Gasteiger charge is -2.10. The van der Waals surface area contributed by atoms with Crippen LogP contribution in [0.25, 0.3) is 0 Å². The molecular formula is C12H15NO. The lowest BCUT2D eigenvalue weighted by Crippen LogP contribution is -2.21. The second-order valence-electron chi connectivity index (χ2n) is 3.39. The fourth-order valence-corrected chi connectivity index (χ4v) is 1.21. The van der Waals surface area contributed by atoms with Crippen LogP contribution < -0.4 is 0 Å². The molecular weight excluding hydrogens is 174 g/mol. The van der Waals surface area contributed by atoms with Gasteiger partial charge in [-0.3, -0.25) is 4.79 Å². The van der Waals surface area contributed by atoms with Gasteiger partial charge in [0.25, 0.3) is 5.91 Å². The van der Waals surface area contributed by atoms with Crippen molar-refractivity contribution in [1.29, 1.82) is 0 Å². The highest BCUT2D eigenvalue weighted by atomic mass is 16.2. The molecule has 0 saturated carbocycles. The Bertz CT molecular complexity index is 325. The zero-order chi connectivity index (χ0) is 10.6. The fraction of sp³-hybridized carbons (Fsp3) is 0.250. The predicted octanol–water partition coefficient (Wildman–Crippen LogP) is 2.12. The smallest absolute Gasteiger partial charge is 0.253 e. The van der Waals surface area contributed by atoms with E-state index in [1.807, 2.05) is 30.3 Å². The van der Waals surface area contributed by atoms with Crippen molar-refractivity contribution in [3.05, 3.63) is 48.0 Å². The Morgan fingerprint density at radius 1 is 1.36 bits per heavy atom. The summed E-state index contributed by atoms with van der Waals surface area (Å²) in [4.78, 5) is 13.1. The molecule has 2 nitrogen and oxygen atoms in total. The van der Waals surface area contributed by atoms with Gasteiger partial charge in [0.15, 0.2) is 0 Å². The van der Waals surface area contributed by atoms with Gasteiger partial charge in [0.2, 0.25) is 0 Å². The Balaban J connectivity index is 2.82. The number of benzene rings is 1. The zero-order valence-electron chi connectivity index (χ0n) is 8.66. The van der Waals surface area contributed by atoms with Crippen molar-refractivity contribution in [2.45, 2.75) is 6.42 Å². The molecule has 0 heterocycles. The average Bonchev–Trinajstić information content (AvgIpc) is 2.18. The Morgan fingerprint density at radius 3 is 2.36 bits per heavy atom. The van der Waals surface area contributed by atoms with Crippen LogP contribution in [-0.4, -0.2) is 24.9 Å². The van der Waals surface area contributed by atoms with E-state index in [2.05, 4.69) is 6.58 Å². The summed E-state index contributed by atoms with van der Waals surface area (Å²) in [6.45, 7) is 3.67. The number of rotatable bonds is 3. The summed E-state index contributed by atoms with van der Waals surface area (Å²) in [5.41, 5.74) is 1.90. The molecule has 0 bridgehead atoms. The van der Waals surface area contributed by atoms with Crippen molar-refractivity contribution < 1.29 is 4.79 Å². The lowest BCUT2D eigenvalue weighted by atomic mass is 10.1. The number of carbonyl (C=O) groups excluding carboxylic acids is 1. The van der Waals surface area contributed by atoms with E-state index in [0.29, 0.717) is 0 Å². The van der Waals surface area contributed by atoms with Crippen molar-refractivity contribution in [2.75, 3.05) is 14.1 Å². The topological polar surface area (TPSA) is 20.3 Å². The maximum Gasteiger partial charge on any atom is 0.253 e. The second kappa shape index (κ2) is 4.61. The molecule has 1 aromatic rings. The molecule has 0 N–H and O–H groups in total. The van der Waals surface area contributed by atoms with Crippen LogP contribution in [0.4, 0.5) is 0 Å². The first-order chi connectivity index (χ1) is 6.65. The summed E-state index contributed by atoms with van der Waals surface area (Å²) in [6.07, 6.45) is 2.69. The molecule has 0 saturated heterocycles. The molecule has 0 aliphatic heterocycles. The van der Waals surface area contributed by atoms with Crippen molar-refractivity contribution in [3.8, 4) is 0 Å². The van der Waals surface area contributed by atoms with Crippen LogP contribution in [0.5, 0.6) is 0 Å². The summed E-state index contributed by atoms with van der Waals surface area (Å²) >= 11 is 0. The molecule has 0 spiro atoms. The molecule has 1 aromatic carbocycles. The Kier molecular flexibility index (Phi) is 3.46. The SMILES string of the molecule is C=CCc1ccc(C(=O)N(C)C)cc1. The third-order valence-electron chi connectivity index (χ3n) is 1.99. The molecule has 2 heteroatoms. The van der Waals surface area contributed by atoms with Gasteiger partial charge in [0.1, 0.15) is 0 Å². The van der Waals surface area contributed by atoms with Crippen LogP contribution in [-0.2, 0) is 6.42 Å². The van der Waals surface area contributed by atoms with E-state index in [-0.39, 0.29) is 5.91 Å². The summed E-state index contributed by atoms with van der Waals surface area (Å²) in [7, 11) is 3.50. The third kappa shape index (κ3) is 2.46. The first-order valence-corrected chi connectivity index (χ1v) is 4.56. The molecule has 0 radical (unpaired) electrons. The molecule has 0 aromatic heterocycles. The predicted molar refractivity (Wildman–Crippen MR) is 58.4 cm³/mol. The largest absolute Gasteiger partial charge is 0.345 e. The van der Waals surface area contributed by atoms with E-state index in [9.17, 15) is 4.79 Å². The summed E-state index contributed by atoms with van der Waals surface area (Å²) in [5, 5.41) is 0. The number of nitrogens with zero attached hydrogens (tertiary/aromatic N) is 1. The van der Waals surface area contributed by atoms with E-state index >= 15 is 0 Å². The molecule has 14 heavy (non-hydrogen) atoms. The van der Waals surface area contributed by atoms with Gasteiger partial charge in [0.05, 0.1) is 0 Å².